The molecule has 3 heterocycles. The van der Waals surface area contributed by atoms with Gasteiger partial charge in [0.1, 0.15) is 12.4 Å². The minimum Gasteiger partial charge on any atom is -0.470 e. The number of nitrogens with one attached hydrogen (secondary N) is 1. The van der Waals surface area contributed by atoms with Gasteiger partial charge >= 0.3 is 6.03 Å². The SMILES string of the molecule is CCc1ncnc(OC2CCN(C(=O)NCc3cccs3)C2)c1F. The first kappa shape index (κ1) is 16.6. The summed E-state index contributed by atoms with van der Waals surface area (Å²) in [5, 5.41) is 4.86. The van der Waals surface area contributed by atoms with Gasteiger partial charge in [-0.25, -0.2) is 9.78 Å². The number of urea groups is 1. The molecule has 0 aliphatic carbocycles. The number of amides is 2. The van der Waals surface area contributed by atoms with Crippen LogP contribution in [0.15, 0.2) is 23.8 Å². The van der Waals surface area contributed by atoms with Gasteiger partial charge in [-0.2, -0.15) is 9.37 Å². The summed E-state index contributed by atoms with van der Waals surface area (Å²) in [5.74, 6) is -0.548. The lowest BCUT2D eigenvalue weighted by atomic mass is 10.3. The molecule has 0 saturated carbocycles. The molecule has 2 aromatic heterocycles. The van der Waals surface area contributed by atoms with Gasteiger partial charge in [0, 0.05) is 17.8 Å². The molecular formula is C16H19FN4O2S. The highest BCUT2D eigenvalue weighted by Gasteiger charge is 2.29. The molecule has 1 fully saturated rings. The zero-order chi connectivity index (χ0) is 16.9. The average Bonchev–Trinajstić information content (AvgIpc) is 3.26. The Labute approximate surface area is 143 Å². The molecule has 6 nitrogen and oxygen atoms in total. The molecule has 2 aromatic rings. The topological polar surface area (TPSA) is 67.4 Å². The number of rotatable bonds is 5. The van der Waals surface area contributed by atoms with E-state index in [0.29, 0.717) is 38.2 Å². The van der Waals surface area contributed by atoms with Crippen LogP contribution in [0.25, 0.3) is 0 Å². The maximum atomic E-state index is 14.1. The molecule has 0 bridgehead atoms. The zero-order valence-electron chi connectivity index (χ0n) is 13.4. The first-order chi connectivity index (χ1) is 11.7. The Morgan fingerprint density at radius 2 is 2.42 bits per heavy atom. The van der Waals surface area contributed by atoms with Gasteiger partial charge in [0.05, 0.1) is 18.8 Å². The number of carbonyl (C=O) groups is 1. The molecule has 24 heavy (non-hydrogen) atoms. The van der Waals surface area contributed by atoms with Gasteiger partial charge in [-0.3, -0.25) is 0 Å². The molecule has 3 rings (SSSR count). The maximum absolute atomic E-state index is 14.1. The number of nitrogens with zero attached hydrogens (tertiary/aromatic N) is 3. The van der Waals surface area contributed by atoms with Crippen LogP contribution in [0.3, 0.4) is 0 Å². The van der Waals surface area contributed by atoms with Crippen LogP contribution in [0.2, 0.25) is 0 Å². The third-order valence-electron chi connectivity index (χ3n) is 3.87. The Morgan fingerprint density at radius 3 is 3.17 bits per heavy atom. The summed E-state index contributed by atoms with van der Waals surface area (Å²) < 4.78 is 19.8. The fraction of sp³-hybridized carbons (Fsp3) is 0.438. The van der Waals surface area contributed by atoms with E-state index < -0.39 is 5.82 Å². The van der Waals surface area contributed by atoms with Crippen molar-refractivity contribution < 1.29 is 13.9 Å². The van der Waals surface area contributed by atoms with E-state index in [1.54, 1.807) is 16.2 Å². The molecular weight excluding hydrogens is 331 g/mol. The smallest absolute Gasteiger partial charge is 0.317 e. The van der Waals surface area contributed by atoms with Crippen molar-refractivity contribution in [2.24, 2.45) is 0 Å². The number of hydrogen-bond acceptors (Lipinski definition) is 5. The number of thiophene rings is 1. The van der Waals surface area contributed by atoms with Gasteiger partial charge in [0.25, 0.3) is 5.88 Å². The van der Waals surface area contributed by atoms with Crippen molar-refractivity contribution >= 4 is 17.4 Å². The number of halogens is 1. The summed E-state index contributed by atoms with van der Waals surface area (Å²) in [6, 6.07) is 3.79. The van der Waals surface area contributed by atoms with Crippen LogP contribution in [0.5, 0.6) is 5.88 Å². The predicted octanol–water partition coefficient (Wildman–Crippen LogP) is 2.60. The monoisotopic (exact) mass is 350 g/mol. The highest BCUT2D eigenvalue weighted by atomic mass is 32.1. The molecule has 1 unspecified atom stereocenters. The fourth-order valence-electron chi connectivity index (χ4n) is 2.57. The van der Waals surface area contributed by atoms with E-state index >= 15 is 0 Å². The Bertz CT molecular complexity index is 695. The van der Waals surface area contributed by atoms with Gasteiger partial charge in [-0.15, -0.1) is 11.3 Å². The first-order valence-electron chi connectivity index (χ1n) is 7.88. The second-order valence-corrected chi connectivity index (χ2v) is 6.54. The first-order valence-corrected chi connectivity index (χ1v) is 8.76. The molecule has 0 aromatic carbocycles. The van der Waals surface area contributed by atoms with E-state index in [0.717, 1.165) is 4.88 Å². The van der Waals surface area contributed by atoms with Gasteiger partial charge in [-0.1, -0.05) is 13.0 Å². The van der Waals surface area contributed by atoms with Crippen LogP contribution in [-0.4, -0.2) is 40.1 Å². The molecule has 1 atom stereocenters. The largest absolute Gasteiger partial charge is 0.470 e. The van der Waals surface area contributed by atoms with E-state index in [2.05, 4.69) is 15.3 Å². The molecule has 1 N–H and O–H groups in total. The van der Waals surface area contributed by atoms with Crippen molar-refractivity contribution in [3.63, 3.8) is 0 Å². The highest BCUT2D eigenvalue weighted by molar-refractivity contribution is 7.09. The number of aryl methyl sites for hydroxylation is 1. The third kappa shape index (κ3) is 3.81. The van der Waals surface area contributed by atoms with Crippen LogP contribution >= 0.6 is 11.3 Å². The minimum absolute atomic E-state index is 0.0345. The average molecular weight is 350 g/mol. The lowest BCUT2D eigenvalue weighted by Crippen LogP contribution is -2.39. The molecule has 2 amide bonds. The number of aromatic nitrogens is 2. The number of ether oxygens (including phenoxy) is 1. The van der Waals surface area contributed by atoms with Crippen molar-refractivity contribution in [3.8, 4) is 5.88 Å². The van der Waals surface area contributed by atoms with E-state index in [-0.39, 0.29) is 18.0 Å². The van der Waals surface area contributed by atoms with Crippen molar-refractivity contribution in [2.45, 2.75) is 32.4 Å². The standard InChI is InChI=1S/C16H19FN4O2S/c1-2-13-14(17)15(20-10-19-13)23-11-5-6-21(9-11)16(22)18-8-12-4-3-7-24-12/h3-4,7,10-11H,2,5-6,8-9H2,1H3,(H,18,22). The summed E-state index contributed by atoms with van der Waals surface area (Å²) >= 11 is 1.60. The van der Waals surface area contributed by atoms with E-state index in [9.17, 15) is 9.18 Å². The number of likely N-dealkylation sites (tertiary alicyclic amines) is 1. The molecule has 8 heteroatoms. The molecule has 1 saturated heterocycles. The van der Waals surface area contributed by atoms with Gasteiger partial charge in [-0.05, 0) is 17.9 Å². The third-order valence-corrected chi connectivity index (χ3v) is 4.75. The lowest BCUT2D eigenvalue weighted by Gasteiger charge is -2.17. The fourth-order valence-corrected chi connectivity index (χ4v) is 3.22. The van der Waals surface area contributed by atoms with Crippen LogP contribution in [-0.2, 0) is 13.0 Å². The summed E-state index contributed by atoms with van der Waals surface area (Å²) in [6.07, 6.45) is 2.17. The molecule has 1 aliphatic rings. The quantitative estimate of drug-likeness (QED) is 0.900. The Kier molecular flexibility index (Phi) is 5.24. The Balaban J connectivity index is 1.52. The van der Waals surface area contributed by atoms with Gasteiger partial charge in [0.2, 0.25) is 5.82 Å². The second kappa shape index (κ2) is 7.57. The van der Waals surface area contributed by atoms with Crippen molar-refractivity contribution in [2.75, 3.05) is 13.1 Å². The van der Waals surface area contributed by atoms with E-state index in [4.69, 9.17) is 4.74 Å². The Morgan fingerprint density at radius 1 is 1.54 bits per heavy atom. The number of carbonyl (C=O) groups excluding carboxylic acids is 1. The highest BCUT2D eigenvalue weighted by Crippen LogP contribution is 2.21. The van der Waals surface area contributed by atoms with Crippen molar-refractivity contribution in [1.82, 2.24) is 20.2 Å². The van der Waals surface area contributed by atoms with Gasteiger partial charge < -0.3 is 15.0 Å². The minimum atomic E-state index is -0.513. The zero-order valence-corrected chi connectivity index (χ0v) is 14.2. The van der Waals surface area contributed by atoms with E-state index in [1.165, 1.54) is 6.33 Å². The summed E-state index contributed by atoms with van der Waals surface area (Å²) in [5.41, 5.74) is 0.337. The Hall–Kier alpha value is -2.22. The van der Waals surface area contributed by atoms with Gasteiger partial charge in [0.15, 0.2) is 0 Å². The van der Waals surface area contributed by atoms with Crippen molar-refractivity contribution in [1.29, 1.82) is 0 Å². The molecule has 0 radical (unpaired) electrons. The van der Waals surface area contributed by atoms with Crippen LogP contribution < -0.4 is 10.1 Å². The summed E-state index contributed by atoms with van der Waals surface area (Å²) in [7, 11) is 0. The van der Waals surface area contributed by atoms with Crippen LogP contribution in [0, 0.1) is 5.82 Å². The maximum Gasteiger partial charge on any atom is 0.317 e. The normalized spacial score (nSPS) is 17.1. The second-order valence-electron chi connectivity index (χ2n) is 5.51. The molecule has 0 spiro atoms. The molecule has 128 valence electrons. The van der Waals surface area contributed by atoms with Crippen molar-refractivity contribution in [3.05, 3.63) is 40.2 Å². The van der Waals surface area contributed by atoms with Crippen LogP contribution in [0.1, 0.15) is 23.9 Å². The van der Waals surface area contributed by atoms with E-state index in [1.807, 2.05) is 24.4 Å². The predicted molar refractivity (Wildman–Crippen MR) is 88.5 cm³/mol. The van der Waals surface area contributed by atoms with Crippen LogP contribution in [0.4, 0.5) is 9.18 Å². The molecule has 1 aliphatic heterocycles. The summed E-state index contributed by atoms with van der Waals surface area (Å²) in [6.45, 7) is 3.33. The number of hydrogen-bond donors (Lipinski definition) is 1. The lowest BCUT2D eigenvalue weighted by molar-refractivity contribution is 0.177. The summed E-state index contributed by atoms with van der Waals surface area (Å²) in [4.78, 5) is 22.7.